The summed E-state index contributed by atoms with van der Waals surface area (Å²) in [6.45, 7) is 2.40. The van der Waals surface area contributed by atoms with Crippen LogP contribution in [0.5, 0.6) is 5.75 Å². The quantitative estimate of drug-likeness (QED) is 0.804. The molecule has 2 N–H and O–H groups in total. The van der Waals surface area contributed by atoms with Crippen LogP contribution in [0.4, 0.5) is 5.69 Å². The van der Waals surface area contributed by atoms with Crippen molar-refractivity contribution in [1.82, 2.24) is 4.98 Å². The molecule has 0 aliphatic carbocycles. The second kappa shape index (κ2) is 7.95. The number of ether oxygens (including phenoxy) is 1. The smallest absolute Gasteiger partial charge is 0.248 e. The Balaban J connectivity index is 1.99. The number of anilines is 1. The molecule has 0 aliphatic heterocycles. The number of amides is 1. The first-order valence-corrected chi connectivity index (χ1v) is 6.98. The summed E-state index contributed by atoms with van der Waals surface area (Å²) in [6, 6.07) is 9.11. The van der Waals surface area contributed by atoms with E-state index in [-0.39, 0.29) is 12.5 Å². The highest BCUT2D eigenvalue weighted by atomic mass is 16.5. The van der Waals surface area contributed by atoms with E-state index in [1.54, 1.807) is 18.3 Å². The van der Waals surface area contributed by atoms with Crippen molar-refractivity contribution in [1.29, 1.82) is 0 Å². The number of carbonyl (C=O) groups is 1. The number of hydrogen-bond acceptors (Lipinski definition) is 4. The standard InChI is InChI=1S/C17H18N2O3/c1-2-22-15-6-3-13(4-7-15)5-8-17(21)19-16-11-18-10-9-14(16)12-20/h3-11,20H,2,12H2,1H3,(H,19,21)/b8-5+. The van der Waals surface area contributed by atoms with Gasteiger partial charge < -0.3 is 15.2 Å². The van der Waals surface area contributed by atoms with Crippen molar-refractivity contribution in [2.24, 2.45) is 0 Å². The molecule has 0 radical (unpaired) electrons. The minimum absolute atomic E-state index is 0.152. The van der Waals surface area contributed by atoms with E-state index in [1.807, 2.05) is 31.2 Å². The van der Waals surface area contributed by atoms with Crippen LogP contribution in [0.2, 0.25) is 0 Å². The maximum absolute atomic E-state index is 11.9. The molecule has 0 bridgehead atoms. The largest absolute Gasteiger partial charge is 0.494 e. The van der Waals surface area contributed by atoms with Crippen LogP contribution in [0, 0.1) is 0 Å². The molecular formula is C17H18N2O3. The fourth-order valence-electron chi connectivity index (χ4n) is 1.86. The molecule has 0 fully saturated rings. The van der Waals surface area contributed by atoms with Gasteiger partial charge in [-0.3, -0.25) is 9.78 Å². The minimum atomic E-state index is -0.281. The Morgan fingerprint density at radius 1 is 1.32 bits per heavy atom. The zero-order chi connectivity index (χ0) is 15.8. The number of benzene rings is 1. The number of nitrogens with one attached hydrogen (secondary N) is 1. The van der Waals surface area contributed by atoms with E-state index in [0.29, 0.717) is 17.9 Å². The Labute approximate surface area is 129 Å². The highest BCUT2D eigenvalue weighted by Gasteiger charge is 2.03. The van der Waals surface area contributed by atoms with Gasteiger partial charge in [0, 0.05) is 17.8 Å². The van der Waals surface area contributed by atoms with Gasteiger partial charge in [-0.2, -0.15) is 0 Å². The van der Waals surface area contributed by atoms with Crippen LogP contribution in [0.15, 0.2) is 48.8 Å². The molecule has 1 amide bonds. The van der Waals surface area contributed by atoms with Gasteiger partial charge in [0.25, 0.3) is 0 Å². The van der Waals surface area contributed by atoms with Crippen molar-refractivity contribution < 1.29 is 14.6 Å². The van der Waals surface area contributed by atoms with E-state index in [2.05, 4.69) is 10.3 Å². The molecule has 0 saturated carbocycles. The third-order valence-electron chi connectivity index (χ3n) is 2.96. The van der Waals surface area contributed by atoms with Crippen molar-refractivity contribution in [3.8, 4) is 5.75 Å². The van der Waals surface area contributed by atoms with Crippen molar-refractivity contribution in [3.05, 3.63) is 59.9 Å². The average Bonchev–Trinajstić information content (AvgIpc) is 2.55. The summed E-state index contributed by atoms with van der Waals surface area (Å²) in [5.74, 6) is 0.517. The van der Waals surface area contributed by atoms with Crippen LogP contribution in [-0.4, -0.2) is 22.6 Å². The molecule has 0 spiro atoms. The lowest BCUT2D eigenvalue weighted by Crippen LogP contribution is -2.10. The lowest BCUT2D eigenvalue weighted by atomic mass is 10.2. The Morgan fingerprint density at radius 3 is 2.77 bits per heavy atom. The lowest BCUT2D eigenvalue weighted by molar-refractivity contribution is -0.111. The molecule has 2 aromatic rings. The van der Waals surface area contributed by atoms with Gasteiger partial charge in [0.1, 0.15) is 5.75 Å². The van der Waals surface area contributed by atoms with Crippen molar-refractivity contribution in [2.75, 3.05) is 11.9 Å². The molecule has 5 nitrogen and oxygen atoms in total. The number of aliphatic hydroxyl groups excluding tert-OH is 1. The van der Waals surface area contributed by atoms with Gasteiger partial charge in [-0.1, -0.05) is 12.1 Å². The van der Waals surface area contributed by atoms with E-state index in [9.17, 15) is 9.90 Å². The van der Waals surface area contributed by atoms with Crippen molar-refractivity contribution in [3.63, 3.8) is 0 Å². The summed E-state index contributed by atoms with van der Waals surface area (Å²) >= 11 is 0. The summed E-state index contributed by atoms with van der Waals surface area (Å²) in [5, 5.41) is 11.9. The van der Waals surface area contributed by atoms with Gasteiger partial charge >= 0.3 is 0 Å². The Kier molecular flexibility index (Phi) is 5.68. The predicted octanol–water partition coefficient (Wildman–Crippen LogP) is 2.62. The molecule has 0 unspecified atom stereocenters. The number of rotatable bonds is 6. The van der Waals surface area contributed by atoms with Crippen LogP contribution in [0.25, 0.3) is 6.08 Å². The molecule has 22 heavy (non-hydrogen) atoms. The molecule has 2 rings (SSSR count). The van der Waals surface area contributed by atoms with E-state index in [4.69, 9.17) is 4.74 Å². The Bertz CT molecular complexity index is 651. The van der Waals surface area contributed by atoms with Gasteiger partial charge in [0.15, 0.2) is 0 Å². The molecule has 5 heteroatoms. The third-order valence-corrected chi connectivity index (χ3v) is 2.96. The van der Waals surface area contributed by atoms with Gasteiger partial charge in [-0.15, -0.1) is 0 Å². The highest BCUT2D eigenvalue weighted by molar-refractivity contribution is 6.02. The number of carbonyl (C=O) groups excluding carboxylic acids is 1. The minimum Gasteiger partial charge on any atom is -0.494 e. The molecule has 0 atom stereocenters. The zero-order valence-corrected chi connectivity index (χ0v) is 12.3. The number of pyridine rings is 1. The van der Waals surface area contributed by atoms with Gasteiger partial charge in [0.05, 0.1) is 25.1 Å². The number of hydrogen-bond donors (Lipinski definition) is 2. The fourth-order valence-corrected chi connectivity index (χ4v) is 1.86. The van der Waals surface area contributed by atoms with Gasteiger partial charge in [-0.05, 0) is 36.8 Å². The lowest BCUT2D eigenvalue weighted by Gasteiger charge is -2.06. The van der Waals surface area contributed by atoms with Crippen LogP contribution in [0.3, 0.4) is 0 Å². The molecule has 0 saturated heterocycles. The number of aliphatic hydroxyl groups is 1. The van der Waals surface area contributed by atoms with Crippen molar-refractivity contribution >= 4 is 17.7 Å². The van der Waals surface area contributed by atoms with Crippen molar-refractivity contribution in [2.45, 2.75) is 13.5 Å². The number of aromatic nitrogens is 1. The summed E-state index contributed by atoms with van der Waals surface area (Å²) < 4.78 is 5.36. The zero-order valence-electron chi connectivity index (χ0n) is 12.3. The van der Waals surface area contributed by atoms with E-state index in [0.717, 1.165) is 11.3 Å². The second-order valence-electron chi connectivity index (χ2n) is 4.52. The first-order valence-electron chi connectivity index (χ1n) is 6.98. The van der Waals surface area contributed by atoms with E-state index in [1.165, 1.54) is 12.3 Å². The molecular weight excluding hydrogens is 280 g/mol. The predicted molar refractivity (Wildman–Crippen MR) is 85.4 cm³/mol. The second-order valence-corrected chi connectivity index (χ2v) is 4.52. The molecule has 114 valence electrons. The molecule has 1 aromatic heterocycles. The molecule has 1 heterocycles. The van der Waals surface area contributed by atoms with E-state index >= 15 is 0 Å². The average molecular weight is 298 g/mol. The maximum atomic E-state index is 11.9. The normalized spacial score (nSPS) is 10.6. The third kappa shape index (κ3) is 4.43. The Hall–Kier alpha value is -2.66. The summed E-state index contributed by atoms with van der Waals surface area (Å²) in [4.78, 5) is 15.8. The van der Waals surface area contributed by atoms with E-state index < -0.39 is 0 Å². The summed E-state index contributed by atoms with van der Waals surface area (Å²) in [5.41, 5.74) is 2.02. The van der Waals surface area contributed by atoms with Crippen LogP contribution < -0.4 is 10.1 Å². The maximum Gasteiger partial charge on any atom is 0.248 e. The fraction of sp³-hybridized carbons (Fsp3) is 0.176. The topological polar surface area (TPSA) is 71.5 Å². The monoisotopic (exact) mass is 298 g/mol. The Morgan fingerprint density at radius 2 is 2.09 bits per heavy atom. The molecule has 1 aromatic carbocycles. The first-order chi connectivity index (χ1) is 10.7. The SMILES string of the molecule is CCOc1ccc(/C=C/C(=O)Nc2cnccc2CO)cc1. The number of nitrogens with zero attached hydrogens (tertiary/aromatic N) is 1. The van der Waals surface area contributed by atoms with Crippen LogP contribution in [0.1, 0.15) is 18.1 Å². The van der Waals surface area contributed by atoms with Gasteiger partial charge in [0.2, 0.25) is 5.91 Å². The summed E-state index contributed by atoms with van der Waals surface area (Å²) in [7, 11) is 0. The summed E-state index contributed by atoms with van der Waals surface area (Å²) in [6.07, 6.45) is 6.22. The van der Waals surface area contributed by atoms with Crippen LogP contribution in [-0.2, 0) is 11.4 Å². The first kappa shape index (κ1) is 15.7. The highest BCUT2D eigenvalue weighted by Crippen LogP contribution is 2.14. The van der Waals surface area contributed by atoms with Gasteiger partial charge in [-0.25, -0.2) is 0 Å². The van der Waals surface area contributed by atoms with Crippen LogP contribution >= 0.6 is 0 Å². The molecule has 0 aliphatic rings.